The average Bonchev–Trinajstić information content (AvgIpc) is 3.00. The zero-order valence-electron chi connectivity index (χ0n) is 24.1. The maximum atomic E-state index is 12.7. The van der Waals surface area contributed by atoms with Crippen molar-refractivity contribution in [2.24, 2.45) is 0 Å². The van der Waals surface area contributed by atoms with E-state index < -0.39 is 0 Å². The van der Waals surface area contributed by atoms with Gasteiger partial charge in [-0.3, -0.25) is 14.6 Å². The number of aryl methyl sites for hydroxylation is 1. The number of aromatic nitrogens is 2. The maximum Gasteiger partial charge on any atom is 0.229 e. The van der Waals surface area contributed by atoms with Crippen LogP contribution in [-0.2, 0) is 16.1 Å². The zero-order valence-corrected chi connectivity index (χ0v) is 24.1. The smallest absolute Gasteiger partial charge is 0.229 e. The van der Waals surface area contributed by atoms with E-state index in [0.717, 1.165) is 68.4 Å². The van der Waals surface area contributed by atoms with Crippen LogP contribution in [0.1, 0.15) is 29.5 Å². The molecule has 1 aromatic heterocycles. The molecule has 0 saturated carbocycles. The minimum Gasteiger partial charge on any atom is -0.491 e. The van der Waals surface area contributed by atoms with E-state index in [0.29, 0.717) is 55.6 Å². The lowest BCUT2D eigenvalue weighted by atomic mass is 10.1. The van der Waals surface area contributed by atoms with Crippen molar-refractivity contribution in [3.8, 4) is 11.8 Å². The molecular weight excluding hydrogens is 532 g/mol. The second kappa shape index (κ2) is 14.6. The maximum absolute atomic E-state index is 12.7. The Balaban J connectivity index is 1.36. The quantitative estimate of drug-likeness (QED) is 0.430. The van der Waals surface area contributed by atoms with Gasteiger partial charge in [0.2, 0.25) is 11.9 Å². The van der Waals surface area contributed by atoms with Gasteiger partial charge in [0, 0.05) is 57.9 Å². The topological polar surface area (TPSA) is 128 Å². The number of hydrogen-bond donors (Lipinski definition) is 3. The molecule has 0 unspecified atom stereocenters. The van der Waals surface area contributed by atoms with Crippen molar-refractivity contribution in [1.82, 2.24) is 25.1 Å². The molecule has 0 atom stereocenters. The lowest BCUT2D eigenvalue weighted by Gasteiger charge is -2.30. The van der Waals surface area contributed by atoms with Crippen molar-refractivity contribution < 1.29 is 14.3 Å². The molecule has 1 saturated heterocycles. The van der Waals surface area contributed by atoms with E-state index in [-0.39, 0.29) is 5.91 Å². The minimum atomic E-state index is 0.0409. The van der Waals surface area contributed by atoms with Crippen LogP contribution in [0.3, 0.4) is 0 Å². The van der Waals surface area contributed by atoms with Crippen LogP contribution in [0.15, 0.2) is 48.7 Å². The Hall–Kier alpha value is -4.24. The molecule has 0 spiro atoms. The van der Waals surface area contributed by atoms with Crippen molar-refractivity contribution >= 4 is 29.0 Å². The molecule has 0 aliphatic carbocycles. The highest BCUT2D eigenvalue weighted by molar-refractivity contribution is 5.76. The van der Waals surface area contributed by atoms with Crippen molar-refractivity contribution in [2.75, 3.05) is 69.7 Å². The first-order valence-corrected chi connectivity index (χ1v) is 14.5. The molecule has 1 fully saturated rings. The third-order valence-corrected chi connectivity index (χ3v) is 7.31. The number of fused-ring (bicyclic) bond motifs is 11. The summed E-state index contributed by atoms with van der Waals surface area (Å²) in [5, 5.41) is 19.2. The third kappa shape index (κ3) is 8.39. The highest BCUT2D eigenvalue weighted by Gasteiger charge is 2.15. The van der Waals surface area contributed by atoms with Crippen molar-refractivity contribution in [3.05, 3.63) is 65.4 Å². The molecule has 3 N–H and O–H groups in total. The molecule has 4 bridgehead atoms. The van der Waals surface area contributed by atoms with Crippen LogP contribution in [0.2, 0.25) is 0 Å². The number of hydrogen-bond acceptors (Lipinski definition) is 10. The first-order chi connectivity index (χ1) is 20.6. The monoisotopic (exact) mass is 570 g/mol. The van der Waals surface area contributed by atoms with E-state index in [1.807, 2.05) is 37.3 Å². The fourth-order valence-electron chi connectivity index (χ4n) is 4.90. The highest BCUT2D eigenvalue weighted by atomic mass is 16.5. The number of rotatable bonds is 3. The average molecular weight is 571 g/mol. The molecule has 2 aromatic carbocycles. The van der Waals surface area contributed by atoms with E-state index in [4.69, 9.17) is 9.47 Å². The number of anilines is 4. The van der Waals surface area contributed by atoms with Gasteiger partial charge in [0.1, 0.15) is 17.4 Å². The Morgan fingerprint density at radius 2 is 1.81 bits per heavy atom. The van der Waals surface area contributed by atoms with Gasteiger partial charge in [-0.2, -0.15) is 10.2 Å². The number of morpholine rings is 1. The number of nitriles is 1. The van der Waals surface area contributed by atoms with Crippen LogP contribution in [0.4, 0.5) is 23.1 Å². The number of carbonyl (C=O) groups is 1. The number of nitrogens with zero attached hydrogens (tertiary/aromatic N) is 5. The number of nitrogens with one attached hydrogen (secondary N) is 3. The molecule has 1 amide bonds. The van der Waals surface area contributed by atoms with Gasteiger partial charge in [0.15, 0.2) is 5.82 Å². The summed E-state index contributed by atoms with van der Waals surface area (Å²) in [5.74, 6) is 1.46. The molecule has 6 rings (SSSR count). The molecule has 3 aliphatic rings. The predicted octanol–water partition coefficient (Wildman–Crippen LogP) is 3.57. The van der Waals surface area contributed by atoms with Crippen molar-refractivity contribution in [3.63, 3.8) is 0 Å². The molecule has 42 heavy (non-hydrogen) atoms. The number of ether oxygens (including phenoxy) is 2. The molecule has 4 heterocycles. The standard InChI is InChI=1S/C31H38N8O3/c1-23-3-8-28-27(19-23)36-31-34-21-25(20-32)30(37-31)35-26-6-4-24(5-7-26)22-39(13-12-38-14-17-41-18-15-38)11-9-29(40)33-10-2-16-42-28/h3-8,19,21H,2,9-18,22H2,1H3,(H,33,40)(H2,34,35,36,37). The third-order valence-electron chi connectivity index (χ3n) is 7.31. The van der Waals surface area contributed by atoms with E-state index in [1.165, 1.54) is 6.20 Å². The Bertz CT molecular complexity index is 1390. The largest absolute Gasteiger partial charge is 0.491 e. The Morgan fingerprint density at radius 3 is 2.62 bits per heavy atom. The molecule has 220 valence electrons. The normalized spacial score (nSPS) is 17.4. The predicted molar refractivity (Wildman–Crippen MR) is 161 cm³/mol. The van der Waals surface area contributed by atoms with Crippen LogP contribution in [0.25, 0.3) is 0 Å². The molecule has 3 aromatic rings. The lowest BCUT2D eigenvalue weighted by molar-refractivity contribution is -0.121. The van der Waals surface area contributed by atoms with Crippen molar-refractivity contribution in [1.29, 1.82) is 5.26 Å². The molecule has 0 radical (unpaired) electrons. The number of amides is 1. The first kappa shape index (κ1) is 29.3. The lowest BCUT2D eigenvalue weighted by Crippen LogP contribution is -2.42. The van der Waals surface area contributed by atoms with Gasteiger partial charge in [-0.1, -0.05) is 18.2 Å². The van der Waals surface area contributed by atoms with Gasteiger partial charge in [0.25, 0.3) is 0 Å². The Labute approximate surface area is 246 Å². The zero-order chi connectivity index (χ0) is 29.1. The van der Waals surface area contributed by atoms with Crippen LogP contribution in [-0.4, -0.2) is 84.8 Å². The Morgan fingerprint density at radius 1 is 1.00 bits per heavy atom. The van der Waals surface area contributed by atoms with Crippen LogP contribution in [0.5, 0.6) is 5.75 Å². The van der Waals surface area contributed by atoms with E-state index in [1.54, 1.807) is 0 Å². The van der Waals surface area contributed by atoms with Gasteiger partial charge in [-0.05, 0) is 48.7 Å². The summed E-state index contributed by atoms with van der Waals surface area (Å²) in [6.07, 6.45) is 2.61. The molecule has 11 heteroatoms. The van der Waals surface area contributed by atoms with E-state index >= 15 is 0 Å². The molecule has 3 aliphatic heterocycles. The van der Waals surface area contributed by atoms with E-state index in [2.05, 4.69) is 53.9 Å². The second-order valence-electron chi connectivity index (χ2n) is 10.5. The van der Waals surface area contributed by atoms with E-state index in [9.17, 15) is 10.1 Å². The fraction of sp³-hybridized carbons (Fsp3) is 0.419. The summed E-state index contributed by atoms with van der Waals surface area (Å²) < 4.78 is 11.5. The number of benzene rings is 2. The highest BCUT2D eigenvalue weighted by Crippen LogP contribution is 2.29. The van der Waals surface area contributed by atoms with Gasteiger partial charge in [-0.25, -0.2) is 4.98 Å². The van der Waals surface area contributed by atoms with Gasteiger partial charge in [-0.15, -0.1) is 0 Å². The van der Waals surface area contributed by atoms with Crippen LogP contribution in [0, 0.1) is 18.3 Å². The van der Waals surface area contributed by atoms with Crippen LogP contribution < -0.4 is 20.7 Å². The summed E-state index contributed by atoms with van der Waals surface area (Å²) in [7, 11) is 0. The minimum absolute atomic E-state index is 0.0409. The Kier molecular flexibility index (Phi) is 10.2. The fourth-order valence-corrected chi connectivity index (χ4v) is 4.90. The summed E-state index contributed by atoms with van der Waals surface area (Å²) in [5.41, 5.74) is 4.07. The van der Waals surface area contributed by atoms with Crippen LogP contribution >= 0.6 is 0 Å². The molecule has 11 nitrogen and oxygen atoms in total. The summed E-state index contributed by atoms with van der Waals surface area (Å²) in [6, 6.07) is 16.1. The summed E-state index contributed by atoms with van der Waals surface area (Å²) in [4.78, 5) is 26.4. The number of carbonyl (C=O) groups excluding carboxylic acids is 1. The second-order valence-corrected chi connectivity index (χ2v) is 10.5. The van der Waals surface area contributed by atoms with Crippen molar-refractivity contribution in [2.45, 2.75) is 26.3 Å². The summed E-state index contributed by atoms with van der Waals surface area (Å²) >= 11 is 0. The molecular formula is C31H38N8O3. The summed E-state index contributed by atoms with van der Waals surface area (Å²) in [6.45, 7) is 9.58. The first-order valence-electron chi connectivity index (χ1n) is 14.5. The van der Waals surface area contributed by atoms with Gasteiger partial charge in [0.05, 0.1) is 31.7 Å². The van der Waals surface area contributed by atoms with Gasteiger partial charge < -0.3 is 25.4 Å². The SMILES string of the molecule is Cc1ccc2c(c1)Nc1ncc(C#N)c(n1)Nc1ccc(cc1)CN(CCN1CCOCC1)CCC(=O)NCCCO2. The van der Waals surface area contributed by atoms with Gasteiger partial charge >= 0.3 is 0 Å².